The number of carbonyl (C=O) groups excluding carboxylic acids is 1. The molecule has 1 aliphatic rings. The zero-order valence-electron chi connectivity index (χ0n) is 12.3. The summed E-state index contributed by atoms with van der Waals surface area (Å²) < 4.78 is 1.09. The highest BCUT2D eigenvalue weighted by molar-refractivity contribution is 5.99. The van der Waals surface area contributed by atoms with E-state index in [9.17, 15) is 9.59 Å². The molecule has 2 N–H and O–H groups in total. The number of primary amides is 1. The summed E-state index contributed by atoms with van der Waals surface area (Å²) in [5, 5.41) is 1.50. The number of nitrogens with zero attached hydrogens (tertiary/aromatic N) is 2. The van der Waals surface area contributed by atoms with Gasteiger partial charge in [0.1, 0.15) is 0 Å². The van der Waals surface area contributed by atoms with Crippen molar-refractivity contribution >= 4 is 22.5 Å². The molecule has 5 nitrogen and oxygen atoms in total. The van der Waals surface area contributed by atoms with Crippen LogP contribution >= 0.6 is 0 Å². The van der Waals surface area contributed by atoms with Crippen LogP contribution in [0.1, 0.15) is 24.1 Å². The van der Waals surface area contributed by atoms with Gasteiger partial charge in [-0.15, -0.1) is 0 Å². The van der Waals surface area contributed by atoms with E-state index in [2.05, 4.69) is 4.90 Å². The van der Waals surface area contributed by atoms with Crippen LogP contribution in [0.2, 0.25) is 0 Å². The van der Waals surface area contributed by atoms with Crippen LogP contribution in [-0.2, 0) is 0 Å². The maximum Gasteiger partial charge on any atom is 0.326 e. The number of carbonyl (C=O) groups is 1. The largest absolute Gasteiger partial charge is 0.370 e. The Balaban J connectivity index is 2.48. The second kappa shape index (κ2) is 4.91. The van der Waals surface area contributed by atoms with Gasteiger partial charge in [0, 0.05) is 18.5 Å². The Morgan fingerprint density at radius 3 is 2.48 bits per heavy atom. The molecule has 0 unspecified atom stereocenters. The minimum atomic E-state index is -0.721. The first-order valence-electron chi connectivity index (χ1n) is 7.22. The quantitative estimate of drug-likeness (QED) is 0.873. The van der Waals surface area contributed by atoms with E-state index in [-0.39, 0.29) is 5.56 Å². The molecule has 1 aromatic heterocycles. The van der Waals surface area contributed by atoms with E-state index in [0.717, 1.165) is 47.1 Å². The monoisotopic (exact) mass is 285 g/mol. The van der Waals surface area contributed by atoms with Gasteiger partial charge in [-0.2, -0.15) is 0 Å². The van der Waals surface area contributed by atoms with Crippen LogP contribution in [0, 0.1) is 13.8 Å². The zero-order chi connectivity index (χ0) is 15.1. The van der Waals surface area contributed by atoms with Crippen molar-refractivity contribution in [1.29, 1.82) is 0 Å². The molecule has 1 amide bonds. The van der Waals surface area contributed by atoms with Gasteiger partial charge in [-0.3, -0.25) is 4.79 Å². The molecule has 5 heteroatoms. The summed E-state index contributed by atoms with van der Waals surface area (Å²) >= 11 is 0. The lowest BCUT2D eigenvalue weighted by Gasteiger charge is -2.25. The Hall–Kier alpha value is -2.30. The molecule has 0 aliphatic carbocycles. The zero-order valence-corrected chi connectivity index (χ0v) is 12.3. The third kappa shape index (κ3) is 2.00. The number of hydrogen-bond donors (Lipinski definition) is 1. The van der Waals surface area contributed by atoms with Gasteiger partial charge in [-0.25, -0.2) is 9.36 Å². The lowest BCUT2D eigenvalue weighted by molar-refractivity contribution is 0.249. The van der Waals surface area contributed by atoms with Crippen LogP contribution in [0.5, 0.6) is 0 Å². The second-order valence-corrected chi connectivity index (χ2v) is 5.60. The van der Waals surface area contributed by atoms with E-state index >= 15 is 0 Å². The molecule has 1 saturated heterocycles. The molecule has 1 aliphatic heterocycles. The van der Waals surface area contributed by atoms with Crippen molar-refractivity contribution in [1.82, 2.24) is 4.57 Å². The first-order chi connectivity index (χ1) is 10.0. The molecule has 1 aromatic carbocycles. The van der Waals surface area contributed by atoms with Crippen LogP contribution in [0.15, 0.2) is 23.0 Å². The van der Waals surface area contributed by atoms with Crippen molar-refractivity contribution in [2.75, 3.05) is 18.0 Å². The lowest BCUT2D eigenvalue weighted by atomic mass is 10.0. The number of benzene rings is 1. The molecule has 21 heavy (non-hydrogen) atoms. The third-order valence-corrected chi connectivity index (χ3v) is 4.26. The SMILES string of the molecule is Cc1cccc2c(=O)n(C(N)=O)c(C)c(N3CCCC3)c12. The number of hydrogen-bond acceptors (Lipinski definition) is 3. The normalized spacial score (nSPS) is 14.9. The summed E-state index contributed by atoms with van der Waals surface area (Å²) in [6.45, 7) is 5.68. The molecule has 0 saturated carbocycles. The Kier molecular flexibility index (Phi) is 3.20. The highest BCUT2D eigenvalue weighted by atomic mass is 16.2. The van der Waals surface area contributed by atoms with Crippen LogP contribution in [0.25, 0.3) is 10.8 Å². The van der Waals surface area contributed by atoms with Crippen molar-refractivity contribution in [3.8, 4) is 0 Å². The molecular formula is C16H19N3O2. The van der Waals surface area contributed by atoms with Crippen molar-refractivity contribution in [3.05, 3.63) is 39.8 Å². The van der Waals surface area contributed by atoms with E-state index in [1.807, 2.05) is 19.1 Å². The summed E-state index contributed by atoms with van der Waals surface area (Å²) in [6.07, 6.45) is 2.25. The van der Waals surface area contributed by atoms with E-state index < -0.39 is 6.03 Å². The maximum atomic E-state index is 12.6. The fourth-order valence-electron chi connectivity index (χ4n) is 3.31. The lowest BCUT2D eigenvalue weighted by Crippen LogP contribution is -2.35. The maximum absolute atomic E-state index is 12.6. The van der Waals surface area contributed by atoms with Gasteiger partial charge in [-0.1, -0.05) is 12.1 Å². The summed E-state index contributed by atoms with van der Waals surface area (Å²) in [7, 11) is 0. The van der Waals surface area contributed by atoms with E-state index in [1.165, 1.54) is 0 Å². The van der Waals surface area contributed by atoms with Crippen LogP contribution in [0.4, 0.5) is 10.5 Å². The van der Waals surface area contributed by atoms with Crippen molar-refractivity contribution in [2.24, 2.45) is 5.73 Å². The van der Waals surface area contributed by atoms with Crippen LogP contribution < -0.4 is 16.2 Å². The molecule has 1 fully saturated rings. The highest BCUT2D eigenvalue weighted by Gasteiger charge is 2.23. The molecule has 0 radical (unpaired) electrons. The molecule has 110 valence electrons. The Bertz CT molecular complexity index is 786. The summed E-state index contributed by atoms with van der Waals surface area (Å²) in [5.41, 5.74) is 7.74. The predicted octanol–water partition coefficient (Wildman–Crippen LogP) is 2.15. The summed E-state index contributed by atoms with van der Waals surface area (Å²) in [4.78, 5) is 26.5. The first kappa shape index (κ1) is 13.7. The van der Waals surface area contributed by atoms with Crippen molar-refractivity contribution in [3.63, 3.8) is 0 Å². The molecular weight excluding hydrogens is 266 g/mol. The summed E-state index contributed by atoms with van der Waals surface area (Å²) in [5.74, 6) is 0. The van der Waals surface area contributed by atoms with Gasteiger partial charge in [0.2, 0.25) is 0 Å². The average molecular weight is 285 g/mol. The van der Waals surface area contributed by atoms with Crippen LogP contribution in [-0.4, -0.2) is 23.7 Å². The fraction of sp³-hybridized carbons (Fsp3) is 0.375. The number of amides is 1. The summed E-state index contributed by atoms with van der Waals surface area (Å²) in [6, 6.07) is 4.88. The molecule has 0 spiro atoms. The van der Waals surface area contributed by atoms with Gasteiger partial charge in [0.05, 0.1) is 16.8 Å². The number of pyridine rings is 1. The number of fused-ring (bicyclic) bond motifs is 1. The molecule has 2 aromatic rings. The number of rotatable bonds is 1. The third-order valence-electron chi connectivity index (χ3n) is 4.26. The van der Waals surface area contributed by atoms with Crippen molar-refractivity contribution in [2.45, 2.75) is 26.7 Å². The molecule has 2 heterocycles. The second-order valence-electron chi connectivity index (χ2n) is 5.60. The van der Waals surface area contributed by atoms with E-state index in [0.29, 0.717) is 11.1 Å². The van der Waals surface area contributed by atoms with Gasteiger partial charge in [0.15, 0.2) is 0 Å². The van der Waals surface area contributed by atoms with Gasteiger partial charge in [0.25, 0.3) is 5.56 Å². The number of anilines is 1. The highest BCUT2D eigenvalue weighted by Crippen LogP contribution is 2.33. The Labute approximate surface area is 123 Å². The first-order valence-corrected chi connectivity index (χ1v) is 7.22. The molecule has 0 bridgehead atoms. The minimum absolute atomic E-state index is 0.332. The minimum Gasteiger partial charge on any atom is -0.370 e. The Morgan fingerprint density at radius 2 is 1.86 bits per heavy atom. The predicted molar refractivity (Wildman–Crippen MR) is 84.1 cm³/mol. The van der Waals surface area contributed by atoms with Gasteiger partial charge < -0.3 is 10.6 Å². The van der Waals surface area contributed by atoms with Crippen LogP contribution in [0.3, 0.4) is 0 Å². The van der Waals surface area contributed by atoms with E-state index in [1.54, 1.807) is 13.0 Å². The molecule has 0 atom stereocenters. The smallest absolute Gasteiger partial charge is 0.326 e. The number of nitrogens with two attached hydrogens (primary N) is 1. The number of aryl methyl sites for hydroxylation is 1. The van der Waals surface area contributed by atoms with Gasteiger partial charge in [-0.05, 0) is 38.3 Å². The van der Waals surface area contributed by atoms with Gasteiger partial charge >= 0.3 is 6.03 Å². The standard InChI is InChI=1S/C16H19N3O2/c1-10-6-5-7-12-13(10)14(18-8-3-4-9-18)11(2)19(15(12)20)16(17)21/h5-7H,3-4,8-9H2,1-2H3,(H2,17,21). The van der Waals surface area contributed by atoms with Crippen molar-refractivity contribution < 1.29 is 4.79 Å². The topological polar surface area (TPSA) is 68.3 Å². The fourth-order valence-corrected chi connectivity index (χ4v) is 3.31. The number of aromatic nitrogens is 1. The Morgan fingerprint density at radius 1 is 1.19 bits per heavy atom. The van der Waals surface area contributed by atoms with E-state index in [4.69, 9.17) is 5.73 Å². The molecule has 3 rings (SSSR count). The average Bonchev–Trinajstić information content (AvgIpc) is 2.93.